The molecule has 1 heterocycles. The van der Waals surface area contributed by atoms with E-state index in [1.807, 2.05) is 42.5 Å². The van der Waals surface area contributed by atoms with E-state index in [2.05, 4.69) is 0 Å². The van der Waals surface area contributed by atoms with E-state index in [1.54, 1.807) is 19.0 Å². The van der Waals surface area contributed by atoms with Crippen LogP contribution in [0.5, 0.6) is 0 Å². The molecule has 0 spiro atoms. The molecule has 1 unspecified atom stereocenters. The van der Waals surface area contributed by atoms with E-state index in [1.165, 1.54) is 0 Å². The molecule has 4 heteroatoms. The molecule has 19 heavy (non-hydrogen) atoms. The second-order valence-corrected chi connectivity index (χ2v) is 4.64. The van der Waals surface area contributed by atoms with Gasteiger partial charge in [0.2, 0.25) is 0 Å². The molecule has 2 aromatic carbocycles. The maximum absolute atomic E-state index is 12.2. The smallest absolute Gasteiger partial charge is 0.837 e. The van der Waals surface area contributed by atoms with Crippen LogP contribution in [0.25, 0.3) is 21.9 Å². The van der Waals surface area contributed by atoms with E-state index in [9.17, 15) is 5.11 Å². The van der Waals surface area contributed by atoms with E-state index >= 15 is 0 Å². The molecule has 92 valence electrons. The van der Waals surface area contributed by atoms with Gasteiger partial charge in [-0.2, -0.15) is 0 Å². The molecule has 0 bridgehead atoms. The third kappa shape index (κ3) is 2.31. The normalized spacial score (nSPS) is 12.8. The van der Waals surface area contributed by atoms with Crippen molar-refractivity contribution in [3.8, 4) is 0 Å². The van der Waals surface area contributed by atoms with Crippen LogP contribution in [-0.2, 0) is 0 Å². The van der Waals surface area contributed by atoms with Crippen LogP contribution in [0.2, 0.25) is 0 Å². The van der Waals surface area contributed by atoms with Gasteiger partial charge in [-0.3, -0.25) is 0 Å². The fourth-order valence-corrected chi connectivity index (χ4v) is 2.24. The number of para-hydroxylation sites is 2. The van der Waals surface area contributed by atoms with Gasteiger partial charge < -0.3 is 14.4 Å². The van der Waals surface area contributed by atoms with E-state index < -0.39 is 6.23 Å². The number of rotatable bonds is 2. The second kappa shape index (κ2) is 5.40. The molecule has 3 rings (SSSR count). The first-order chi connectivity index (χ1) is 8.68. The zero-order chi connectivity index (χ0) is 12.7. The van der Waals surface area contributed by atoms with Crippen LogP contribution in [0.1, 0.15) is 11.8 Å². The minimum Gasteiger partial charge on any atom is -0.837 e. The van der Waals surface area contributed by atoms with Crippen molar-refractivity contribution in [2.75, 3.05) is 14.1 Å². The number of hydrogen-bond donors (Lipinski definition) is 0. The summed E-state index contributed by atoms with van der Waals surface area (Å²) < 4.78 is 5.83. The van der Waals surface area contributed by atoms with Crippen LogP contribution < -0.4 is 24.0 Å². The molecule has 0 N–H and O–H groups in total. The van der Waals surface area contributed by atoms with Gasteiger partial charge in [-0.25, -0.2) is 0 Å². The minimum atomic E-state index is -0.908. The van der Waals surface area contributed by atoms with E-state index in [4.69, 9.17) is 4.42 Å². The van der Waals surface area contributed by atoms with Gasteiger partial charge in [0.25, 0.3) is 0 Å². The van der Waals surface area contributed by atoms with Gasteiger partial charge in [0.05, 0.1) is 0 Å². The van der Waals surface area contributed by atoms with Crippen LogP contribution in [0.3, 0.4) is 0 Å². The zero-order valence-electron chi connectivity index (χ0n) is 11.4. The van der Waals surface area contributed by atoms with Crippen LogP contribution in [0.15, 0.2) is 46.9 Å². The van der Waals surface area contributed by atoms with E-state index in [0.29, 0.717) is 11.1 Å². The van der Waals surface area contributed by atoms with Gasteiger partial charge in [-0.05, 0) is 32.0 Å². The second-order valence-electron chi connectivity index (χ2n) is 4.64. The Bertz CT molecular complexity index is 706. The zero-order valence-corrected chi connectivity index (χ0v) is 11.4. The molecule has 0 amide bonds. The summed E-state index contributed by atoms with van der Waals surface area (Å²) in [5.74, 6) is 0. The standard InChI is InChI=1S/C15H14NO2.Li/c1-16(2)15(17)12-8-5-7-11-10-6-3-4-9-13(10)18-14(11)12;/h3-9,15H,1-2H3;/q-1;+1. The number of benzene rings is 2. The predicted octanol–water partition coefficient (Wildman–Crippen LogP) is -0.490. The van der Waals surface area contributed by atoms with Crippen molar-refractivity contribution in [1.82, 2.24) is 4.90 Å². The van der Waals surface area contributed by atoms with Crippen molar-refractivity contribution in [2.45, 2.75) is 6.23 Å². The van der Waals surface area contributed by atoms with Gasteiger partial charge in [0.1, 0.15) is 11.2 Å². The predicted molar refractivity (Wildman–Crippen MR) is 70.1 cm³/mol. The average molecular weight is 247 g/mol. The van der Waals surface area contributed by atoms with Gasteiger partial charge in [-0.15, -0.1) is 0 Å². The summed E-state index contributed by atoms with van der Waals surface area (Å²) in [5, 5.41) is 14.2. The molecule has 3 nitrogen and oxygen atoms in total. The molecule has 0 saturated carbocycles. The molecule has 0 aliphatic carbocycles. The van der Waals surface area contributed by atoms with Gasteiger partial charge in [0.15, 0.2) is 0 Å². The summed E-state index contributed by atoms with van der Waals surface area (Å²) in [4.78, 5) is 1.64. The summed E-state index contributed by atoms with van der Waals surface area (Å²) in [7, 11) is 3.55. The SMILES string of the molecule is CN(C)C([O-])c1cccc2c1oc1ccccc12.[Li+]. The molecule has 3 aromatic rings. The van der Waals surface area contributed by atoms with E-state index in [-0.39, 0.29) is 18.9 Å². The topological polar surface area (TPSA) is 39.4 Å². The Hall–Kier alpha value is -1.24. The summed E-state index contributed by atoms with van der Waals surface area (Å²) in [6.07, 6.45) is -0.908. The molecule has 1 atom stereocenters. The largest absolute Gasteiger partial charge is 1.00 e. The van der Waals surface area contributed by atoms with Crippen molar-refractivity contribution >= 4 is 21.9 Å². The Kier molecular flexibility index (Phi) is 4.03. The Morgan fingerprint density at radius 1 is 1.00 bits per heavy atom. The van der Waals surface area contributed by atoms with Crippen LogP contribution >= 0.6 is 0 Å². The molecule has 0 saturated heterocycles. The van der Waals surface area contributed by atoms with Gasteiger partial charge in [0, 0.05) is 10.8 Å². The van der Waals surface area contributed by atoms with E-state index in [0.717, 1.165) is 16.4 Å². The summed E-state index contributed by atoms with van der Waals surface area (Å²) in [6.45, 7) is 0. The summed E-state index contributed by atoms with van der Waals surface area (Å²) >= 11 is 0. The monoisotopic (exact) mass is 247 g/mol. The molecule has 0 fully saturated rings. The Labute approximate surface area is 124 Å². The third-order valence-electron chi connectivity index (χ3n) is 3.17. The number of hydrogen-bond acceptors (Lipinski definition) is 3. The maximum atomic E-state index is 12.2. The first-order valence-corrected chi connectivity index (χ1v) is 5.91. The Morgan fingerprint density at radius 3 is 2.42 bits per heavy atom. The Balaban J connectivity index is 0.00000133. The maximum Gasteiger partial charge on any atom is 1.00 e. The van der Waals surface area contributed by atoms with Crippen molar-refractivity contribution in [2.24, 2.45) is 0 Å². The van der Waals surface area contributed by atoms with Crippen molar-refractivity contribution in [1.29, 1.82) is 0 Å². The average Bonchev–Trinajstić information content (AvgIpc) is 2.76. The van der Waals surface area contributed by atoms with Crippen LogP contribution in [0, 0.1) is 0 Å². The Morgan fingerprint density at radius 2 is 1.68 bits per heavy atom. The van der Waals surface area contributed by atoms with Crippen molar-refractivity contribution in [3.63, 3.8) is 0 Å². The number of nitrogens with zero attached hydrogens (tertiary/aromatic N) is 1. The molecule has 0 aliphatic rings. The molecular weight excluding hydrogens is 233 g/mol. The fraction of sp³-hybridized carbons (Fsp3) is 0.200. The fourth-order valence-electron chi connectivity index (χ4n) is 2.24. The minimum absolute atomic E-state index is 0. The third-order valence-corrected chi connectivity index (χ3v) is 3.17. The number of furan rings is 1. The van der Waals surface area contributed by atoms with Crippen molar-refractivity contribution < 1.29 is 28.4 Å². The quantitative estimate of drug-likeness (QED) is 0.453. The molecule has 0 radical (unpaired) electrons. The van der Waals surface area contributed by atoms with Crippen LogP contribution in [0.4, 0.5) is 0 Å². The number of fused-ring (bicyclic) bond motifs is 3. The molecular formula is C15H14LiNO2. The first-order valence-electron chi connectivity index (χ1n) is 5.91. The summed E-state index contributed by atoms with van der Waals surface area (Å²) in [5.41, 5.74) is 2.21. The van der Waals surface area contributed by atoms with Crippen LogP contribution in [-0.4, -0.2) is 19.0 Å². The van der Waals surface area contributed by atoms with Crippen molar-refractivity contribution in [3.05, 3.63) is 48.0 Å². The molecule has 1 aromatic heterocycles. The summed E-state index contributed by atoms with van der Waals surface area (Å²) in [6, 6.07) is 13.6. The van der Waals surface area contributed by atoms with Gasteiger partial charge >= 0.3 is 18.9 Å². The first kappa shape index (κ1) is 14.2. The van der Waals surface area contributed by atoms with Gasteiger partial charge in [-0.1, -0.05) is 36.4 Å². The molecule has 0 aliphatic heterocycles.